The summed E-state index contributed by atoms with van der Waals surface area (Å²) in [5.41, 5.74) is 0. The zero-order chi connectivity index (χ0) is 17.9. The summed E-state index contributed by atoms with van der Waals surface area (Å²) in [5, 5.41) is 8.67. The molecule has 140 valence electrons. The highest BCUT2D eigenvalue weighted by atomic mass is 16.4. The second-order valence-corrected chi connectivity index (χ2v) is 6.72. The number of unbranched alkanes of at least 4 members (excludes halogenated alkanes) is 9. The third kappa shape index (κ3) is 19.0. The molecule has 1 N–H and O–H groups in total. The standard InChI is InChI=1S/C21H39NO2/c1-3-4-5-6-7-8-9-10-11-12-13-14-15-16-17-18-19-22(2)20-21(23)24/h7-8,10-11H,3-6,9,12-20H2,1-2H3,(H,23,24)/b8-7-,11-10-. The molecule has 0 rings (SSSR count). The number of carbonyl (C=O) groups is 1. The van der Waals surface area contributed by atoms with E-state index in [-0.39, 0.29) is 6.54 Å². The van der Waals surface area contributed by atoms with E-state index in [9.17, 15) is 4.79 Å². The quantitative estimate of drug-likeness (QED) is 0.269. The van der Waals surface area contributed by atoms with Crippen LogP contribution in [-0.2, 0) is 4.79 Å². The van der Waals surface area contributed by atoms with Crippen molar-refractivity contribution in [2.75, 3.05) is 20.1 Å². The summed E-state index contributed by atoms with van der Waals surface area (Å²) >= 11 is 0. The van der Waals surface area contributed by atoms with E-state index < -0.39 is 5.97 Å². The molecule has 3 heteroatoms. The largest absolute Gasteiger partial charge is 0.480 e. The van der Waals surface area contributed by atoms with Gasteiger partial charge in [-0.2, -0.15) is 0 Å². The average molecular weight is 338 g/mol. The Morgan fingerprint density at radius 2 is 1.38 bits per heavy atom. The lowest BCUT2D eigenvalue weighted by molar-refractivity contribution is -0.137. The number of carboxylic acid groups (broad SMARTS) is 1. The third-order valence-corrected chi connectivity index (χ3v) is 4.15. The van der Waals surface area contributed by atoms with Crippen molar-refractivity contribution in [3.8, 4) is 0 Å². The van der Waals surface area contributed by atoms with Crippen LogP contribution in [0.15, 0.2) is 24.3 Å². The Bertz CT molecular complexity index is 337. The van der Waals surface area contributed by atoms with Gasteiger partial charge in [-0.05, 0) is 52.1 Å². The zero-order valence-electron chi connectivity index (χ0n) is 16.0. The minimum Gasteiger partial charge on any atom is -0.480 e. The predicted molar refractivity (Wildman–Crippen MR) is 104 cm³/mol. The van der Waals surface area contributed by atoms with E-state index in [1.54, 1.807) is 0 Å². The molecule has 0 aliphatic rings. The molecule has 24 heavy (non-hydrogen) atoms. The summed E-state index contributed by atoms with van der Waals surface area (Å²) in [6.07, 6.45) is 24.2. The summed E-state index contributed by atoms with van der Waals surface area (Å²) < 4.78 is 0. The molecule has 0 aromatic heterocycles. The molecule has 0 unspecified atom stereocenters. The molecule has 0 bridgehead atoms. The van der Waals surface area contributed by atoms with E-state index in [4.69, 9.17) is 5.11 Å². The van der Waals surface area contributed by atoms with Crippen LogP contribution in [0.2, 0.25) is 0 Å². The summed E-state index contributed by atoms with van der Waals surface area (Å²) in [5.74, 6) is -0.738. The van der Waals surface area contributed by atoms with Crippen LogP contribution in [0.5, 0.6) is 0 Å². The number of aliphatic carboxylic acids is 1. The molecule has 0 radical (unpaired) electrons. The Balaban J connectivity index is 3.24. The molecule has 0 heterocycles. The van der Waals surface area contributed by atoms with Gasteiger partial charge in [0.25, 0.3) is 0 Å². The van der Waals surface area contributed by atoms with Gasteiger partial charge in [-0.1, -0.05) is 69.8 Å². The van der Waals surface area contributed by atoms with Crippen LogP contribution >= 0.6 is 0 Å². The minimum absolute atomic E-state index is 0.153. The Kier molecular flexibility index (Phi) is 17.4. The van der Waals surface area contributed by atoms with Gasteiger partial charge in [0.1, 0.15) is 0 Å². The molecule has 0 saturated carbocycles. The Labute approximate surface area is 149 Å². The first-order valence-corrected chi connectivity index (χ1v) is 9.87. The summed E-state index contributed by atoms with van der Waals surface area (Å²) in [4.78, 5) is 12.4. The van der Waals surface area contributed by atoms with Crippen molar-refractivity contribution in [1.82, 2.24) is 4.90 Å². The number of nitrogens with zero attached hydrogens (tertiary/aromatic N) is 1. The van der Waals surface area contributed by atoms with Gasteiger partial charge in [-0.25, -0.2) is 0 Å². The lowest BCUT2D eigenvalue weighted by Gasteiger charge is -2.13. The molecular weight excluding hydrogens is 298 g/mol. The van der Waals surface area contributed by atoms with Gasteiger partial charge in [0, 0.05) is 0 Å². The van der Waals surface area contributed by atoms with E-state index in [1.807, 2.05) is 11.9 Å². The van der Waals surface area contributed by atoms with Crippen molar-refractivity contribution < 1.29 is 9.90 Å². The fraction of sp³-hybridized carbons (Fsp3) is 0.762. The van der Waals surface area contributed by atoms with Crippen molar-refractivity contribution in [1.29, 1.82) is 0 Å². The molecule has 0 aliphatic carbocycles. The molecule has 0 aromatic carbocycles. The first-order chi connectivity index (χ1) is 11.7. The Hall–Kier alpha value is -1.09. The van der Waals surface area contributed by atoms with Gasteiger partial charge in [0.2, 0.25) is 0 Å². The molecule has 0 amide bonds. The van der Waals surface area contributed by atoms with Crippen molar-refractivity contribution >= 4 is 5.97 Å². The molecule has 0 aliphatic heterocycles. The zero-order valence-corrected chi connectivity index (χ0v) is 16.0. The van der Waals surface area contributed by atoms with Crippen LogP contribution in [0.3, 0.4) is 0 Å². The average Bonchev–Trinajstić information content (AvgIpc) is 2.53. The third-order valence-electron chi connectivity index (χ3n) is 4.15. The molecule has 0 saturated heterocycles. The van der Waals surface area contributed by atoms with Gasteiger partial charge < -0.3 is 5.11 Å². The first-order valence-electron chi connectivity index (χ1n) is 9.87. The summed E-state index contributed by atoms with van der Waals surface area (Å²) in [6, 6.07) is 0. The maximum atomic E-state index is 10.5. The lowest BCUT2D eigenvalue weighted by atomic mass is 10.1. The van der Waals surface area contributed by atoms with Gasteiger partial charge in [-0.3, -0.25) is 9.69 Å². The molecule has 0 aromatic rings. The summed E-state index contributed by atoms with van der Waals surface area (Å²) in [7, 11) is 1.88. The highest BCUT2D eigenvalue weighted by Gasteiger charge is 2.02. The fourth-order valence-corrected chi connectivity index (χ4v) is 2.68. The van der Waals surface area contributed by atoms with Crippen molar-refractivity contribution in [2.45, 2.75) is 84.0 Å². The number of allylic oxidation sites excluding steroid dienone is 4. The predicted octanol–water partition coefficient (Wildman–Crippen LogP) is 5.82. The van der Waals surface area contributed by atoms with E-state index in [0.717, 1.165) is 19.4 Å². The van der Waals surface area contributed by atoms with Crippen LogP contribution in [0.25, 0.3) is 0 Å². The fourth-order valence-electron chi connectivity index (χ4n) is 2.68. The SMILES string of the molecule is CCCCC/C=C\C/C=C\CCCCCCCCN(C)CC(=O)O. The second kappa shape index (κ2) is 18.3. The van der Waals surface area contributed by atoms with Gasteiger partial charge >= 0.3 is 5.97 Å². The van der Waals surface area contributed by atoms with E-state index in [0.29, 0.717) is 0 Å². The van der Waals surface area contributed by atoms with Gasteiger partial charge in [-0.15, -0.1) is 0 Å². The molecule has 0 atom stereocenters. The summed E-state index contributed by atoms with van der Waals surface area (Å²) in [6.45, 7) is 3.29. The van der Waals surface area contributed by atoms with E-state index >= 15 is 0 Å². The maximum Gasteiger partial charge on any atom is 0.317 e. The van der Waals surface area contributed by atoms with Crippen LogP contribution in [0.4, 0.5) is 0 Å². The van der Waals surface area contributed by atoms with Crippen LogP contribution in [0.1, 0.15) is 84.0 Å². The van der Waals surface area contributed by atoms with Crippen molar-refractivity contribution in [2.24, 2.45) is 0 Å². The first kappa shape index (κ1) is 22.9. The van der Waals surface area contributed by atoms with Crippen molar-refractivity contribution in [3.63, 3.8) is 0 Å². The molecule has 3 nitrogen and oxygen atoms in total. The lowest BCUT2D eigenvalue weighted by Crippen LogP contribution is -2.26. The smallest absolute Gasteiger partial charge is 0.317 e. The number of likely N-dealkylation sites (N-methyl/N-ethyl adjacent to an activating group) is 1. The van der Waals surface area contributed by atoms with Gasteiger partial charge in [0.05, 0.1) is 6.54 Å². The number of rotatable bonds is 17. The van der Waals surface area contributed by atoms with Gasteiger partial charge in [0.15, 0.2) is 0 Å². The van der Waals surface area contributed by atoms with E-state index in [2.05, 4.69) is 31.2 Å². The number of carboxylic acids is 1. The second-order valence-electron chi connectivity index (χ2n) is 6.72. The maximum absolute atomic E-state index is 10.5. The normalized spacial score (nSPS) is 12.0. The molecule has 0 spiro atoms. The molecule has 0 fully saturated rings. The minimum atomic E-state index is -0.738. The number of hydrogen-bond donors (Lipinski definition) is 1. The Morgan fingerprint density at radius 3 is 1.96 bits per heavy atom. The topological polar surface area (TPSA) is 40.5 Å². The van der Waals surface area contributed by atoms with Crippen LogP contribution in [0, 0.1) is 0 Å². The monoisotopic (exact) mass is 337 g/mol. The van der Waals surface area contributed by atoms with Crippen molar-refractivity contribution in [3.05, 3.63) is 24.3 Å². The van der Waals surface area contributed by atoms with Crippen LogP contribution in [-0.4, -0.2) is 36.1 Å². The highest BCUT2D eigenvalue weighted by Crippen LogP contribution is 2.08. The highest BCUT2D eigenvalue weighted by molar-refractivity contribution is 5.68. The number of hydrogen-bond acceptors (Lipinski definition) is 2. The van der Waals surface area contributed by atoms with Crippen LogP contribution < -0.4 is 0 Å². The Morgan fingerprint density at radius 1 is 0.833 bits per heavy atom. The van der Waals surface area contributed by atoms with E-state index in [1.165, 1.54) is 64.2 Å². The molecular formula is C21H39NO2.